The van der Waals surface area contributed by atoms with Crippen molar-refractivity contribution in [3.8, 4) is 0 Å². The maximum atomic E-state index is 11.8. The molecule has 0 heterocycles. The molecule has 0 aromatic heterocycles. The van der Waals surface area contributed by atoms with E-state index in [9.17, 15) is 4.57 Å². The number of nitrogen functional groups attached to an aromatic ring is 1. The van der Waals surface area contributed by atoms with Crippen molar-refractivity contribution in [3.63, 3.8) is 0 Å². The molecule has 0 unspecified atom stereocenters. The van der Waals surface area contributed by atoms with Gasteiger partial charge in [0.1, 0.15) is 0 Å². The molecule has 0 aliphatic heterocycles. The molecule has 1 aromatic rings. The molecule has 0 aliphatic rings. The van der Waals surface area contributed by atoms with E-state index in [0.29, 0.717) is 5.69 Å². The van der Waals surface area contributed by atoms with Crippen LogP contribution in [-0.4, -0.2) is 14.2 Å². The highest BCUT2D eigenvalue weighted by molar-refractivity contribution is 7.52. The molecule has 0 radical (unpaired) electrons. The minimum atomic E-state index is -3.01. The highest BCUT2D eigenvalue weighted by Gasteiger charge is 2.22. The first-order valence-electron chi connectivity index (χ1n) is 4.15. The Balaban J connectivity index is 2.88. The van der Waals surface area contributed by atoms with E-state index in [0.717, 1.165) is 5.56 Å². The summed E-state index contributed by atoms with van der Waals surface area (Å²) in [5.74, 6) is 0. The summed E-state index contributed by atoms with van der Waals surface area (Å²) < 4.78 is 21.4. The van der Waals surface area contributed by atoms with E-state index in [-0.39, 0.29) is 6.16 Å². The second kappa shape index (κ2) is 4.60. The zero-order valence-corrected chi connectivity index (χ0v) is 9.16. The Morgan fingerprint density at radius 3 is 2.36 bits per heavy atom. The number of benzene rings is 1. The normalized spacial score (nSPS) is 11.6. The lowest BCUT2D eigenvalue weighted by Crippen LogP contribution is -1.97. The van der Waals surface area contributed by atoms with E-state index in [1.54, 1.807) is 12.1 Å². The second-order valence-electron chi connectivity index (χ2n) is 2.83. The molecular formula is C9H14NO3P. The monoisotopic (exact) mass is 215 g/mol. The largest absolute Gasteiger partial charge is 0.398 e. The zero-order valence-electron chi connectivity index (χ0n) is 8.27. The van der Waals surface area contributed by atoms with Crippen molar-refractivity contribution in [2.24, 2.45) is 0 Å². The highest BCUT2D eigenvalue weighted by atomic mass is 31.2. The Kier molecular flexibility index (Phi) is 3.69. The smallest absolute Gasteiger partial charge is 0.334 e. The van der Waals surface area contributed by atoms with Gasteiger partial charge in [-0.2, -0.15) is 0 Å². The molecule has 0 saturated heterocycles. The first-order valence-corrected chi connectivity index (χ1v) is 5.88. The molecule has 78 valence electrons. The fourth-order valence-electron chi connectivity index (χ4n) is 1.09. The van der Waals surface area contributed by atoms with Gasteiger partial charge in [-0.15, -0.1) is 0 Å². The summed E-state index contributed by atoms with van der Waals surface area (Å²) >= 11 is 0. The molecule has 14 heavy (non-hydrogen) atoms. The predicted octanol–water partition coefficient (Wildman–Crippen LogP) is 2.25. The number of hydrogen-bond acceptors (Lipinski definition) is 4. The summed E-state index contributed by atoms with van der Waals surface area (Å²) in [4.78, 5) is 0. The van der Waals surface area contributed by atoms with Crippen molar-refractivity contribution < 1.29 is 13.6 Å². The first-order chi connectivity index (χ1) is 6.61. The van der Waals surface area contributed by atoms with Crippen LogP contribution in [0.3, 0.4) is 0 Å². The third-order valence-corrected chi connectivity index (χ3v) is 3.82. The summed E-state index contributed by atoms with van der Waals surface area (Å²) in [6.45, 7) is 0. The van der Waals surface area contributed by atoms with Crippen LogP contribution in [0.2, 0.25) is 0 Å². The first kappa shape index (κ1) is 11.2. The molecular weight excluding hydrogens is 201 g/mol. The molecule has 5 heteroatoms. The molecule has 1 rings (SSSR count). The third-order valence-electron chi connectivity index (χ3n) is 1.98. The number of hydrogen-bond donors (Lipinski definition) is 1. The Bertz CT molecular complexity index is 346. The van der Waals surface area contributed by atoms with E-state index in [1.807, 2.05) is 12.1 Å². The van der Waals surface area contributed by atoms with E-state index in [2.05, 4.69) is 0 Å². The Hall–Kier alpha value is -0.830. The van der Waals surface area contributed by atoms with E-state index < -0.39 is 7.60 Å². The van der Waals surface area contributed by atoms with Crippen molar-refractivity contribution in [2.45, 2.75) is 6.16 Å². The van der Waals surface area contributed by atoms with Crippen LogP contribution < -0.4 is 5.73 Å². The fraction of sp³-hybridized carbons (Fsp3) is 0.333. The molecule has 2 N–H and O–H groups in total. The van der Waals surface area contributed by atoms with Crippen LogP contribution in [0.4, 0.5) is 5.69 Å². The second-order valence-corrected chi connectivity index (χ2v) is 5.10. The van der Waals surface area contributed by atoms with Crippen LogP contribution >= 0.6 is 7.60 Å². The molecule has 0 amide bonds. The molecule has 0 atom stereocenters. The molecule has 0 spiro atoms. The minimum Gasteiger partial charge on any atom is -0.398 e. The van der Waals surface area contributed by atoms with Gasteiger partial charge in [0.2, 0.25) is 0 Å². The summed E-state index contributed by atoms with van der Waals surface area (Å²) in [6, 6.07) is 7.22. The van der Waals surface area contributed by atoms with E-state index >= 15 is 0 Å². The van der Waals surface area contributed by atoms with Crippen molar-refractivity contribution in [2.75, 3.05) is 20.0 Å². The van der Waals surface area contributed by atoms with E-state index in [1.165, 1.54) is 14.2 Å². The van der Waals surface area contributed by atoms with Gasteiger partial charge >= 0.3 is 7.60 Å². The van der Waals surface area contributed by atoms with Gasteiger partial charge in [0.15, 0.2) is 0 Å². The highest BCUT2D eigenvalue weighted by Crippen LogP contribution is 2.50. The maximum absolute atomic E-state index is 11.8. The van der Waals surface area contributed by atoms with Gasteiger partial charge in [-0.25, -0.2) is 0 Å². The quantitative estimate of drug-likeness (QED) is 0.618. The fourth-order valence-corrected chi connectivity index (χ4v) is 2.20. The van der Waals surface area contributed by atoms with Crippen LogP contribution in [-0.2, 0) is 19.8 Å². The van der Waals surface area contributed by atoms with Crippen LogP contribution in [0, 0.1) is 0 Å². The van der Waals surface area contributed by atoms with Crippen molar-refractivity contribution in [1.82, 2.24) is 0 Å². The number of rotatable bonds is 4. The molecule has 1 aromatic carbocycles. The minimum absolute atomic E-state index is 0.201. The Morgan fingerprint density at radius 2 is 1.86 bits per heavy atom. The average molecular weight is 215 g/mol. The van der Waals surface area contributed by atoms with Gasteiger partial charge in [0, 0.05) is 19.9 Å². The van der Waals surface area contributed by atoms with Crippen LogP contribution in [0.15, 0.2) is 24.3 Å². The van der Waals surface area contributed by atoms with Crippen LogP contribution in [0.5, 0.6) is 0 Å². The van der Waals surface area contributed by atoms with Crippen LogP contribution in [0.25, 0.3) is 0 Å². The maximum Gasteiger partial charge on any atom is 0.334 e. The molecule has 0 aliphatic carbocycles. The summed E-state index contributed by atoms with van der Waals surface area (Å²) in [6.07, 6.45) is 0.201. The molecule has 0 fully saturated rings. The van der Waals surface area contributed by atoms with E-state index in [4.69, 9.17) is 14.8 Å². The van der Waals surface area contributed by atoms with Crippen molar-refractivity contribution in [3.05, 3.63) is 29.8 Å². The molecule has 4 nitrogen and oxygen atoms in total. The van der Waals surface area contributed by atoms with Gasteiger partial charge in [-0.1, -0.05) is 18.2 Å². The lowest BCUT2D eigenvalue weighted by molar-refractivity contribution is 0.275. The lowest BCUT2D eigenvalue weighted by Gasteiger charge is -2.14. The lowest BCUT2D eigenvalue weighted by atomic mass is 10.2. The van der Waals surface area contributed by atoms with Gasteiger partial charge in [-0.3, -0.25) is 4.57 Å². The Labute approximate surface area is 83.6 Å². The summed E-state index contributed by atoms with van der Waals surface area (Å²) in [7, 11) is -0.281. The molecule has 0 saturated carbocycles. The average Bonchev–Trinajstić information content (AvgIpc) is 2.21. The predicted molar refractivity (Wildman–Crippen MR) is 56.2 cm³/mol. The van der Waals surface area contributed by atoms with Gasteiger partial charge in [0.25, 0.3) is 0 Å². The van der Waals surface area contributed by atoms with Gasteiger partial charge < -0.3 is 14.8 Å². The van der Waals surface area contributed by atoms with Crippen molar-refractivity contribution in [1.29, 1.82) is 0 Å². The number of nitrogens with two attached hydrogens (primary N) is 1. The summed E-state index contributed by atoms with van der Waals surface area (Å²) in [5.41, 5.74) is 7.08. The zero-order chi connectivity index (χ0) is 10.6. The Morgan fingerprint density at radius 1 is 1.29 bits per heavy atom. The standard InChI is InChI=1S/C9H14NO3P/c1-12-14(11,13-2)7-8-5-3-4-6-9(8)10/h3-6H,7,10H2,1-2H3. The topological polar surface area (TPSA) is 61.5 Å². The van der Waals surface area contributed by atoms with Crippen LogP contribution in [0.1, 0.15) is 5.56 Å². The summed E-state index contributed by atoms with van der Waals surface area (Å²) in [5, 5.41) is 0. The van der Waals surface area contributed by atoms with Gasteiger partial charge in [0.05, 0.1) is 6.16 Å². The third kappa shape index (κ3) is 2.58. The molecule has 0 bridgehead atoms. The van der Waals surface area contributed by atoms with Crippen molar-refractivity contribution >= 4 is 13.3 Å². The number of anilines is 1. The SMILES string of the molecule is COP(=O)(Cc1ccccc1N)OC. The van der Waals surface area contributed by atoms with Gasteiger partial charge in [-0.05, 0) is 11.6 Å². The number of para-hydroxylation sites is 1.